The third-order valence-corrected chi connectivity index (χ3v) is 3.78. The molecule has 3 unspecified atom stereocenters. The Morgan fingerprint density at radius 1 is 1.44 bits per heavy atom. The highest BCUT2D eigenvalue weighted by Gasteiger charge is 2.36. The number of nitrogens with two attached hydrogens (primary N) is 1. The minimum absolute atomic E-state index is 0. The summed E-state index contributed by atoms with van der Waals surface area (Å²) in [6.45, 7) is 8.22. The van der Waals surface area contributed by atoms with Crippen molar-refractivity contribution in [1.82, 2.24) is 5.32 Å². The van der Waals surface area contributed by atoms with Crippen molar-refractivity contribution in [2.75, 3.05) is 0 Å². The summed E-state index contributed by atoms with van der Waals surface area (Å²) in [5, 5.41) is 3.13. The lowest BCUT2D eigenvalue weighted by Crippen LogP contribution is -2.46. The molecule has 4 heteroatoms. The second-order valence-electron chi connectivity index (χ2n) is 5.59. The second kappa shape index (κ2) is 5.87. The molecule has 1 saturated carbocycles. The van der Waals surface area contributed by atoms with Crippen LogP contribution in [0.3, 0.4) is 0 Å². The van der Waals surface area contributed by atoms with Crippen LogP contribution in [0, 0.1) is 11.3 Å². The molecule has 1 aliphatic rings. The number of rotatable bonds is 3. The van der Waals surface area contributed by atoms with Gasteiger partial charge in [0.1, 0.15) is 0 Å². The Labute approximate surface area is 105 Å². The number of carbonyl (C=O) groups is 1. The molecule has 0 radical (unpaired) electrons. The number of nitrogens with one attached hydrogen (secondary N) is 1. The van der Waals surface area contributed by atoms with Crippen LogP contribution in [0.25, 0.3) is 0 Å². The zero-order valence-corrected chi connectivity index (χ0v) is 11.6. The van der Waals surface area contributed by atoms with Gasteiger partial charge in [-0.15, -0.1) is 12.4 Å². The summed E-state index contributed by atoms with van der Waals surface area (Å²) in [5.74, 6) is 0.00590. The van der Waals surface area contributed by atoms with Crippen molar-refractivity contribution in [2.45, 2.75) is 59.0 Å². The Balaban J connectivity index is 0.00000225. The quantitative estimate of drug-likeness (QED) is 0.804. The minimum atomic E-state index is -0.0959. The highest BCUT2D eigenvalue weighted by Crippen LogP contribution is 2.37. The van der Waals surface area contributed by atoms with Gasteiger partial charge in [0.15, 0.2) is 0 Å². The third-order valence-electron chi connectivity index (χ3n) is 3.78. The van der Waals surface area contributed by atoms with E-state index in [1.54, 1.807) is 0 Å². The fourth-order valence-electron chi connectivity index (χ4n) is 2.14. The number of hydrogen-bond acceptors (Lipinski definition) is 2. The van der Waals surface area contributed by atoms with Gasteiger partial charge in [-0.3, -0.25) is 4.79 Å². The van der Waals surface area contributed by atoms with E-state index in [1.807, 2.05) is 13.8 Å². The Morgan fingerprint density at radius 2 is 2.00 bits per heavy atom. The molecule has 0 spiro atoms. The summed E-state index contributed by atoms with van der Waals surface area (Å²) in [6, 6.07) is 0.251. The normalized spacial score (nSPS) is 26.7. The number of halogens is 1. The van der Waals surface area contributed by atoms with Crippen molar-refractivity contribution in [2.24, 2.45) is 17.1 Å². The smallest absolute Gasteiger partial charge is 0.224 e. The van der Waals surface area contributed by atoms with Crippen LogP contribution in [-0.2, 0) is 4.79 Å². The lowest BCUT2D eigenvalue weighted by atomic mass is 9.87. The Hall–Kier alpha value is -0.280. The number of hydrogen-bond donors (Lipinski definition) is 2. The van der Waals surface area contributed by atoms with Crippen molar-refractivity contribution in [3.63, 3.8) is 0 Å². The van der Waals surface area contributed by atoms with Crippen LogP contribution in [0.15, 0.2) is 0 Å². The van der Waals surface area contributed by atoms with E-state index in [-0.39, 0.29) is 35.7 Å². The first-order valence-electron chi connectivity index (χ1n) is 5.90. The summed E-state index contributed by atoms with van der Waals surface area (Å²) in [6.07, 6.45) is 3.51. The summed E-state index contributed by atoms with van der Waals surface area (Å²) in [5.41, 5.74) is 5.96. The molecule has 3 N–H and O–H groups in total. The van der Waals surface area contributed by atoms with E-state index in [9.17, 15) is 4.79 Å². The van der Waals surface area contributed by atoms with Crippen molar-refractivity contribution in [1.29, 1.82) is 0 Å². The van der Waals surface area contributed by atoms with Gasteiger partial charge >= 0.3 is 0 Å². The molecular formula is C12H25ClN2O. The van der Waals surface area contributed by atoms with Gasteiger partial charge in [0.2, 0.25) is 5.91 Å². The molecule has 0 aromatic rings. The summed E-state index contributed by atoms with van der Waals surface area (Å²) in [4.78, 5) is 11.8. The standard InChI is InChI=1S/C12H24N2O.ClH/c1-8(9(2)13)11(15)14-10-6-5-7-12(10,3)4;/h8-10H,5-7,13H2,1-4H3,(H,14,15);1H. The van der Waals surface area contributed by atoms with E-state index in [4.69, 9.17) is 5.73 Å². The molecule has 1 rings (SSSR count). The molecule has 0 aromatic heterocycles. The molecule has 16 heavy (non-hydrogen) atoms. The molecule has 1 amide bonds. The SMILES string of the molecule is CC(N)C(C)C(=O)NC1CCCC1(C)C.Cl. The molecular weight excluding hydrogens is 224 g/mol. The Morgan fingerprint density at radius 3 is 2.38 bits per heavy atom. The number of carbonyl (C=O) groups excluding carboxylic acids is 1. The summed E-state index contributed by atoms with van der Waals surface area (Å²) < 4.78 is 0. The molecule has 3 atom stereocenters. The maximum absolute atomic E-state index is 11.8. The molecule has 0 bridgehead atoms. The highest BCUT2D eigenvalue weighted by atomic mass is 35.5. The van der Waals surface area contributed by atoms with E-state index >= 15 is 0 Å². The minimum Gasteiger partial charge on any atom is -0.353 e. The summed E-state index contributed by atoms with van der Waals surface area (Å²) >= 11 is 0. The molecule has 96 valence electrons. The maximum Gasteiger partial charge on any atom is 0.224 e. The average molecular weight is 249 g/mol. The molecule has 0 aromatic carbocycles. The largest absolute Gasteiger partial charge is 0.353 e. The fraction of sp³-hybridized carbons (Fsp3) is 0.917. The van der Waals surface area contributed by atoms with Gasteiger partial charge in [0.25, 0.3) is 0 Å². The van der Waals surface area contributed by atoms with E-state index < -0.39 is 0 Å². The van der Waals surface area contributed by atoms with Crippen LogP contribution in [0.2, 0.25) is 0 Å². The molecule has 0 saturated heterocycles. The molecule has 3 nitrogen and oxygen atoms in total. The van der Waals surface area contributed by atoms with Crippen molar-refractivity contribution >= 4 is 18.3 Å². The van der Waals surface area contributed by atoms with Gasteiger partial charge < -0.3 is 11.1 Å². The summed E-state index contributed by atoms with van der Waals surface area (Å²) in [7, 11) is 0. The zero-order valence-electron chi connectivity index (χ0n) is 10.7. The lowest BCUT2D eigenvalue weighted by molar-refractivity contribution is -0.126. The van der Waals surface area contributed by atoms with Crippen LogP contribution < -0.4 is 11.1 Å². The second-order valence-corrected chi connectivity index (χ2v) is 5.59. The number of amides is 1. The van der Waals surface area contributed by atoms with Crippen LogP contribution in [0.4, 0.5) is 0 Å². The molecule has 0 heterocycles. The van der Waals surface area contributed by atoms with Crippen LogP contribution in [-0.4, -0.2) is 18.0 Å². The van der Waals surface area contributed by atoms with Crippen LogP contribution >= 0.6 is 12.4 Å². The van der Waals surface area contributed by atoms with E-state index in [0.717, 1.165) is 6.42 Å². The van der Waals surface area contributed by atoms with Gasteiger partial charge in [0, 0.05) is 18.0 Å². The average Bonchev–Trinajstić information content (AvgIpc) is 2.44. The van der Waals surface area contributed by atoms with Crippen LogP contribution in [0.5, 0.6) is 0 Å². The fourth-order valence-corrected chi connectivity index (χ4v) is 2.14. The predicted octanol–water partition coefficient (Wildman–Crippen LogP) is 2.09. The van der Waals surface area contributed by atoms with E-state index in [0.29, 0.717) is 6.04 Å². The van der Waals surface area contributed by atoms with Gasteiger partial charge in [-0.1, -0.05) is 27.2 Å². The van der Waals surface area contributed by atoms with Gasteiger partial charge in [-0.2, -0.15) is 0 Å². The molecule has 0 aliphatic heterocycles. The van der Waals surface area contributed by atoms with E-state index in [2.05, 4.69) is 19.2 Å². The molecule has 1 aliphatic carbocycles. The van der Waals surface area contributed by atoms with Gasteiger partial charge in [-0.05, 0) is 25.2 Å². The lowest BCUT2D eigenvalue weighted by Gasteiger charge is -2.29. The highest BCUT2D eigenvalue weighted by molar-refractivity contribution is 5.85. The van der Waals surface area contributed by atoms with Gasteiger partial charge in [-0.25, -0.2) is 0 Å². The van der Waals surface area contributed by atoms with E-state index in [1.165, 1.54) is 12.8 Å². The van der Waals surface area contributed by atoms with Crippen molar-refractivity contribution in [3.8, 4) is 0 Å². The first-order chi connectivity index (χ1) is 6.84. The Bertz CT molecular complexity index is 241. The van der Waals surface area contributed by atoms with Crippen molar-refractivity contribution < 1.29 is 4.79 Å². The predicted molar refractivity (Wildman–Crippen MR) is 69.6 cm³/mol. The zero-order chi connectivity index (χ0) is 11.6. The first kappa shape index (κ1) is 15.7. The first-order valence-corrected chi connectivity index (χ1v) is 5.90. The van der Waals surface area contributed by atoms with Crippen molar-refractivity contribution in [3.05, 3.63) is 0 Å². The van der Waals surface area contributed by atoms with Gasteiger partial charge in [0.05, 0.1) is 0 Å². The Kier molecular flexibility index (Phi) is 5.77. The maximum atomic E-state index is 11.8. The third kappa shape index (κ3) is 3.63. The monoisotopic (exact) mass is 248 g/mol. The molecule has 1 fully saturated rings. The topological polar surface area (TPSA) is 55.1 Å². The van der Waals surface area contributed by atoms with Crippen LogP contribution in [0.1, 0.15) is 47.0 Å².